The molecule has 0 aliphatic carbocycles. The summed E-state index contributed by atoms with van der Waals surface area (Å²) in [6.07, 6.45) is 6.81. The van der Waals surface area contributed by atoms with Crippen LogP contribution in [-0.2, 0) is 0 Å². The van der Waals surface area contributed by atoms with Gasteiger partial charge in [0.1, 0.15) is 6.10 Å². The van der Waals surface area contributed by atoms with Crippen molar-refractivity contribution in [2.75, 3.05) is 7.11 Å². The van der Waals surface area contributed by atoms with Gasteiger partial charge in [0.15, 0.2) is 0 Å². The molecule has 0 fully saturated rings. The Hall–Kier alpha value is -2.10. The molecule has 0 aliphatic rings. The number of hydrogen-bond donors (Lipinski definition) is 1. The number of ether oxygens (including phenoxy) is 1. The quantitative estimate of drug-likeness (QED) is 0.801. The van der Waals surface area contributed by atoms with Crippen molar-refractivity contribution in [3.05, 3.63) is 76.5 Å². The minimum atomic E-state index is -0.856. The van der Waals surface area contributed by atoms with Crippen LogP contribution in [0.5, 0.6) is 5.88 Å². The number of aliphatic hydroxyl groups is 1. The predicted octanol–water partition coefficient (Wildman–Crippen LogP) is 4.80. The van der Waals surface area contributed by atoms with E-state index in [4.69, 9.17) is 16.3 Å². The lowest BCUT2D eigenvalue weighted by molar-refractivity contribution is 0.213. The van der Waals surface area contributed by atoms with Gasteiger partial charge in [-0.2, -0.15) is 0 Å². The van der Waals surface area contributed by atoms with Gasteiger partial charge in [-0.25, -0.2) is 4.98 Å². The highest BCUT2D eigenvalue weighted by molar-refractivity contribution is 6.30. The Morgan fingerprint density at radius 3 is 2.78 bits per heavy atom. The Morgan fingerprint density at radius 1 is 1.35 bits per heavy atom. The maximum absolute atomic E-state index is 10.7. The van der Waals surface area contributed by atoms with Crippen LogP contribution < -0.4 is 4.74 Å². The second-order valence-electron chi connectivity index (χ2n) is 5.16. The summed E-state index contributed by atoms with van der Waals surface area (Å²) < 4.78 is 5.30. The lowest BCUT2D eigenvalue weighted by atomic mass is 9.99. The van der Waals surface area contributed by atoms with Crippen molar-refractivity contribution in [2.45, 2.75) is 20.0 Å². The van der Waals surface area contributed by atoms with E-state index in [1.165, 1.54) is 0 Å². The van der Waals surface area contributed by atoms with Crippen LogP contribution in [0.1, 0.15) is 36.6 Å². The van der Waals surface area contributed by atoms with Crippen LogP contribution in [0.25, 0.3) is 5.57 Å². The molecule has 2 rings (SSSR count). The first kappa shape index (κ1) is 17.3. The molecule has 0 saturated carbocycles. The van der Waals surface area contributed by atoms with Gasteiger partial charge in [-0.05, 0) is 48.7 Å². The number of allylic oxidation sites excluding steroid dienone is 4. The number of aliphatic hydroxyl groups excluding tert-OH is 1. The highest BCUT2D eigenvalue weighted by Gasteiger charge is 2.18. The molecule has 0 saturated heterocycles. The molecule has 1 heterocycles. The fourth-order valence-corrected chi connectivity index (χ4v) is 2.44. The lowest BCUT2D eigenvalue weighted by Crippen LogP contribution is -2.05. The molecule has 4 heteroatoms. The van der Waals surface area contributed by atoms with Crippen molar-refractivity contribution in [3.63, 3.8) is 0 Å². The fraction of sp³-hybridized carbons (Fsp3) is 0.211. The first-order chi connectivity index (χ1) is 11.1. The summed E-state index contributed by atoms with van der Waals surface area (Å²) >= 11 is 6.01. The third kappa shape index (κ3) is 4.21. The van der Waals surface area contributed by atoms with Crippen LogP contribution in [0.15, 0.2) is 54.8 Å². The van der Waals surface area contributed by atoms with Crippen LogP contribution in [0.3, 0.4) is 0 Å². The molecule has 0 bridgehead atoms. The van der Waals surface area contributed by atoms with Crippen molar-refractivity contribution in [3.8, 4) is 5.88 Å². The van der Waals surface area contributed by atoms with Crippen molar-refractivity contribution in [1.29, 1.82) is 0 Å². The summed E-state index contributed by atoms with van der Waals surface area (Å²) in [4.78, 5) is 4.32. The molecule has 23 heavy (non-hydrogen) atoms. The van der Waals surface area contributed by atoms with Gasteiger partial charge in [0.05, 0.1) is 7.11 Å². The zero-order valence-electron chi connectivity index (χ0n) is 13.5. The molecule has 1 aromatic carbocycles. The summed E-state index contributed by atoms with van der Waals surface area (Å²) in [5.74, 6) is 0.403. The highest BCUT2D eigenvalue weighted by atomic mass is 35.5. The minimum absolute atomic E-state index is 0.403. The summed E-state index contributed by atoms with van der Waals surface area (Å²) in [7, 11) is 1.54. The van der Waals surface area contributed by atoms with Gasteiger partial charge in [-0.1, -0.05) is 42.0 Å². The maximum atomic E-state index is 10.7. The Kier molecular flexibility index (Phi) is 5.97. The second kappa shape index (κ2) is 7.95. The van der Waals surface area contributed by atoms with Crippen LogP contribution in [-0.4, -0.2) is 17.2 Å². The number of rotatable bonds is 5. The molecule has 1 atom stereocenters. The van der Waals surface area contributed by atoms with Crippen LogP contribution in [0.2, 0.25) is 5.02 Å². The number of halogens is 1. The molecule has 2 aromatic rings. The molecule has 0 radical (unpaired) electrons. The summed E-state index contributed by atoms with van der Waals surface area (Å²) in [5.41, 5.74) is 3.29. The molecule has 1 N–H and O–H groups in total. The molecule has 3 nitrogen and oxygen atoms in total. The number of benzene rings is 1. The van der Waals surface area contributed by atoms with E-state index in [-0.39, 0.29) is 0 Å². The monoisotopic (exact) mass is 329 g/mol. The molecule has 120 valence electrons. The van der Waals surface area contributed by atoms with Gasteiger partial charge in [0.25, 0.3) is 0 Å². The molecule has 0 spiro atoms. The average molecular weight is 330 g/mol. The fourth-order valence-electron chi connectivity index (χ4n) is 2.24. The Bertz CT molecular complexity index is 738. The number of hydrogen-bond acceptors (Lipinski definition) is 3. The van der Waals surface area contributed by atoms with Crippen LogP contribution >= 0.6 is 11.6 Å². The van der Waals surface area contributed by atoms with Gasteiger partial charge in [0.2, 0.25) is 5.88 Å². The SMILES string of the molecule is C/C=C\C=C(/C)c1cnc(OC)c(C(O)c2cccc(Cl)c2)c1. The van der Waals surface area contributed by atoms with Crippen molar-refractivity contribution >= 4 is 17.2 Å². The summed E-state index contributed by atoms with van der Waals surface area (Å²) in [6.45, 7) is 3.96. The standard InChI is InChI=1S/C19H20ClNO2/c1-4-5-7-13(2)15-11-17(19(23-3)21-12-15)18(22)14-8-6-9-16(20)10-14/h4-12,18,22H,1-3H3/b5-4-,13-7+. The van der Waals surface area contributed by atoms with Gasteiger partial charge in [0, 0.05) is 16.8 Å². The molecule has 0 aliphatic heterocycles. The van der Waals surface area contributed by atoms with E-state index in [0.717, 1.165) is 11.1 Å². The number of aromatic nitrogens is 1. The van der Waals surface area contributed by atoms with Gasteiger partial charge >= 0.3 is 0 Å². The van der Waals surface area contributed by atoms with E-state index in [1.807, 2.05) is 50.3 Å². The molecule has 1 unspecified atom stereocenters. The number of pyridine rings is 1. The third-order valence-electron chi connectivity index (χ3n) is 3.53. The Morgan fingerprint density at radius 2 is 2.13 bits per heavy atom. The van der Waals surface area contributed by atoms with Gasteiger partial charge in [-0.15, -0.1) is 0 Å². The Labute approximate surface area is 141 Å². The molecular weight excluding hydrogens is 310 g/mol. The Balaban J connectivity index is 2.47. The van der Waals surface area contributed by atoms with E-state index >= 15 is 0 Å². The first-order valence-corrected chi connectivity index (χ1v) is 7.72. The zero-order chi connectivity index (χ0) is 16.8. The summed E-state index contributed by atoms with van der Waals surface area (Å²) in [5, 5.41) is 11.3. The van der Waals surface area contributed by atoms with Gasteiger partial charge < -0.3 is 9.84 Å². The van der Waals surface area contributed by atoms with Gasteiger partial charge in [-0.3, -0.25) is 0 Å². The summed E-state index contributed by atoms with van der Waals surface area (Å²) in [6, 6.07) is 9.04. The minimum Gasteiger partial charge on any atom is -0.481 e. The first-order valence-electron chi connectivity index (χ1n) is 7.34. The molecule has 0 amide bonds. The molecule has 1 aromatic heterocycles. The van der Waals surface area contributed by atoms with Crippen molar-refractivity contribution < 1.29 is 9.84 Å². The zero-order valence-corrected chi connectivity index (χ0v) is 14.2. The maximum Gasteiger partial charge on any atom is 0.219 e. The van der Waals surface area contributed by atoms with E-state index in [2.05, 4.69) is 4.98 Å². The van der Waals surface area contributed by atoms with E-state index in [9.17, 15) is 5.11 Å². The normalized spacial score (nSPS) is 13.3. The smallest absolute Gasteiger partial charge is 0.219 e. The third-order valence-corrected chi connectivity index (χ3v) is 3.76. The van der Waals surface area contributed by atoms with Crippen molar-refractivity contribution in [2.24, 2.45) is 0 Å². The largest absolute Gasteiger partial charge is 0.481 e. The average Bonchev–Trinajstić information content (AvgIpc) is 2.58. The van der Waals surface area contributed by atoms with Crippen LogP contribution in [0.4, 0.5) is 0 Å². The lowest BCUT2D eigenvalue weighted by Gasteiger charge is -2.16. The van der Waals surface area contributed by atoms with E-state index in [0.29, 0.717) is 22.0 Å². The van der Waals surface area contributed by atoms with Crippen LogP contribution in [0, 0.1) is 0 Å². The predicted molar refractivity (Wildman–Crippen MR) is 94.8 cm³/mol. The highest BCUT2D eigenvalue weighted by Crippen LogP contribution is 2.31. The van der Waals surface area contributed by atoms with Crippen molar-refractivity contribution in [1.82, 2.24) is 4.98 Å². The molecular formula is C19H20ClNO2. The number of methoxy groups -OCH3 is 1. The van der Waals surface area contributed by atoms with E-state index in [1.54, 1.807) is 25.4 Å². The number of nitrogens with zero attached hydrogens (tertiary/aromatic N) is 1. The second-order valence-corrected chi connectivity index (χ2v) is 5.59. The topological polar surface area (TPSA) is 42.4 Å². The van der Waals surface area contributed by atoms with E-state index < -0.39 is 6.10 Å².